The molecule has 1 N–H and O–H groups in total. The van der Waals surface area contributed by atoms with Crippen LogP contribution in [-0.4, -0.2) is 39.2 Å². The van der Waals surface area contributed by atoms with Crippen molar-refractivity contribution in [3.05, 3.63) is 77.7 Å². The van der Waals surface area contributed by atoms with E-state index in [-0.39, 0.29) is 5.91 Å². The molecule has 1 amide bonds. The Labute approximate surface area is 170 Å². The maximum Gasteiger partial charge on any atom is 0.258 e. The smallest absolute Gasteiger partial charge is 0.258 e. The molecule has 0 unspecified atom stereocenters. The summed E-state index contributed by atoms with van der Waals surface area (Å²) in [5, 5.41) is 3.11. The number of ether oxygens (including phenoxy) is 1. The van der Waals surface area contributed by atoms with E-state index in [0.717, 1.165) is 38.3 Å². The largest absolute Gasteiger partial charge is 0.467 e. The van der Waals surface area contributed by atoms with E-state index in [2.05, 4.69) is 51.1 Å². The number of nitrogens with one attached hydrogen (secondary N) is 1. The molecule has 4 heterocycles. The molecule has 6 heteroatoms. The molecule has 1 fully saturated rings. The lowest BCUT2D eigenvalue weighted by molar-refractivity contribution is -0.0307. The number of benzene rings is 1. The quantitative estimate of drug-likeness (QED) is 0.748. The summed E-state index contributed by atoms with van der Waals surface area (Å²) in [5.41, 5.74) is 2.42. The van der Waals surface area contributed by atoms with Crippen LogP contribution < -0.4 is 10.1 Å². The number of hydrogen-bond donors (Lipinski definition) is 1. The number of pyridine rings is 1. The van der Waals surface area contributed by atoms with Crippen molar-refractivity contribution in [1.82, 2.24) is 19.8 Å². The molecule has 29 heavy (non-hydrogen) atoms. The summed E-state index contributed by atoms with van der Waals surface area (Å²) in [4.78, 5) is 19.4. The van der Waals surface area contributed by atoms with Gasteiger partial charge in [-0.05, 0) is 48.9 Å². The van der Waals surface area contributed by atoms with Gasteiger partial charge in [0.15, 0.2) is 5.72 Å². The minimum atomic E-state index is -0.595. The number of hydrogen-bond acceptors (Lipinski definition) is 4. The zero-order valence-corrected chi connectivity index (χ0v) is 16.5. The minimum absolute atomic E-state index is 0.0419. The molecule has 6 nitrogen and oxygen atoms in total. The number of aryl methyl sites for hydroxylation is 1. The van der Waals surface area contributed by atoms with E-state index in [1.165, 1.54) is 11.3 Å². The van der Waals surface area contributed by atoms with Gasteiger partial charge in [-0.1, -0.05) is 12.1 Å². The van der Waals surface area contributed by atoms with Crippen LogP contribution in [0.2, 0.25) is 0 Å². The van der Waals surface area contributed by atoms with Crippen molar-refractivity contribution in [3.63, 3.8) is 0 Å². The summed E-state index contributed by atoms with van der Waals surface area (Å²) >= 11 is 0. The normalized spacial score (nSPS) is 18.2. The van der Waals surface area contributed by atoms with E-state index in [1.807, 2.05) is 30.5 Å². The van der Waals surface area contributed by atoms with Crippen molar-refractivity contribution in [2.45, 2.75) is 32.0 Å². The van der Waals surface area contributed by atoms with E-state index in [9.17, 15) is 4.79 Å². The van der Waals surface area contributed by atoms with Crippen LogP contribution in [0.15, 0.2) is 60.9 Å². The first-order valence-corrected chi connectivity index (χ1v) is 10.0. The number of amides is 1. The molecular formula is C23H24N4O2. The molecule has 1 spiro atoms. The van der Waals surface area contributed by atoms with Gasteiger partial charge in [0.25, 0.3) is 5.91 Å². The summed E-state index contributed by atoms with van der Waals surface area (Å²) in [6, 6.07) is 15.8. The molecule has 0 bridgehead atoms. The van der Waals surface area contributed by atoms with E-state index in [1.54, 1.807) is 6.07 Å². The third kappa shape index (κ3) is 3.40. The molecule has 2 aromatic heterocycles. The zero-order valence-electron chi connectivity index (χ0n) is 16.5. The molecule has 1 aromatic carbocycles. The number of rotatable bonds is 3. The first-order chi connectivity index (χ1) is 14.1. The first kappa shape index (κ1) is 17.9. The number of nitrogens with zero attached hydrogens (tertiary/aromatic N) is 3. The van der Waals surface area contributed by atoms with Crippen molar-refractivity contribution in [3.8, 4) is 11.6 Å². The van der Waals surface area contributed by atoms with Gasteiger partial charge >= 0.3 is 0 Å². The number of carbonyl (C=O) groups is 1. The Morgan fingerprint density at radius 2 is 1.97 bits per heavy atom. The number of carbonyl (C=O) groups excluding carboxylic acids is 1. The number of likely N-dealkylation sites (tertiary alicyclic amines) is 1. The van der Waals surface area contributed by atoms with Gasteiger partial charge in [-0.3, -0.25) is 9.69 Å². The lowest BCUT2D eigenvalue weighted by Gasteiger charge is -2.44. The second-order valence-electron chi connectivity index (χ2n) is 7.88. The van der Waals surface area contributed by atoms with Crippen LogP contribution in [0, 0.1) is 6.92 Å². The Hall–Kier alpha value is -3.12. The average Bonchev–Trinajstić information content (AvgIpc) is 3.18. The van der Waals surface area contributed by atoms with Crippen LogP contribution in [0.4, 0.5) is 0 Å². The van der Waals surface area contributed by atoms with Gasteiger partial charge in [-0.15, -0.1) is 0 Å². The third-order valence-electron chi connectivity index (χ3n) is 5.81. The average molecular weight is 388 g/mol. The maximum absolute atomic E-state index is 12.5. The van der Waals surface area contributed by atoms with E-state index < -0.39 is 5.72 Å². The molecule has 1 saturated heterocycles. The molecule has 2 aliphatic heterocycles. The first-order valence-electron chi connectivity index (χ1n) is 10.0. The lowest BCUT2D eigenvalue weighted by atomic mass is 9.97. The van der Waals surface area contributed by atoms with Crippen LogP contribution in [0.25, 0.3) is 5.82 Å². The summed E-state index contributed by atoms with van der Waals surface area (Å²) in [7, 11) is 0. The minimum Gasteiger partial charge on any atom is -0.467 e. The Morgan fingerprint density at radius 1 is 1.14 bits per heavy atom. The fraction of sp³-hybridized carbons (Fsp3) is 0.304. The zero-order chi connectivity index (χ0) is 19.8. The van der Waals surface area contributed by atoms with Crippen LogP contribution >= 0.6 is 0 Å². The van der Waals surface area contributed by atoms with E-state index >= 15 is 0 Å². The maximum atomic E-state index is 12.5. The van der Waals surface area contributed by atoms with E-state index in [0.29, 0.717) is 11.3 Å². The Kier molecular flexibility index (Phi) is 4.36. The number of aromatic nitrogens is 2. The van der Waals surface area contributed by atoms with Crippen molar-refractivity contribution in [2.75, 3.05) is 13.1 Å². The van der Waals surface area contributed by atoms with Gasteiger partial charge in [0.05, 0.1) is 5.56 Å². The van der Waals surface area contributed by atoms with Gasteiger partial charge < -0.3 is 14.6 Å². The van der Waals surface area contributed by atoms with Crippen molar-refractivity contribution < 1.29 is 9.53 Å². The van der Waals surface area contributed by atoms with Crippen molar-refractivity contribution >= 4 is 5.91 Å². The van der Waals surface area contributed by atoms with Gasteiger partial charge in [-0.2, -0.15) is 0 Å². The summed E-state index contributed by atoms with van der Waals surface area (Å²) in [6.45, 7) is 4.63. The molecule has 2 aliphatic rings. The number of para-hydroxylation sites is 1. The highest BCUT2D eigenvalue weighted by Crippen LogP contribution is 2.33. The molecule has 3 aromatic rings. The fourth-order valence-corrected chi connectivity index (χ4v) is 4.20. The molecule has 148 valence electrons. The molecule has 0 saturated carbocycles. The topological polar surface area (TPSA) is 59.4 Å². The Bertz CT molecular complexity index is 1050. The second-order valence-corrected chi connectivity index (χ2v) is 7.88. The highest BCUT2D eigenvalue weighted by Gasteiger charge is 2.42. The Morgan fingerprint density at radius 3 is 2.79 bits per heavy atom. The Balaban J connectivity index is 1.28. The standard InChI is InChI=1S/C23H24N4O2/c1-17-8-11-24-21(15-17)27-12-4-5-18(27)16-26-13-9-23(10-14-26)25-22(28)19-6-2-3-7-20(19)29-23/h2-8,11-12,15H,9-10,13-14,16H2,1H3,(H,25,28). The fourth-order valence-electron chi connectivity index (χ4n) is 4.20. The molecule has 0 radical (unpaired) electrons. The number of fused-ring (bicyclic) bond motifs is 1. The molecule has 0 aliphatic carbocycles. The predicted octanol–water partition coefficient (Wildman–Crippen LogP) is 3.30. The predicted molar refractivity (Wildman–Crippen MR) is 110 cm³/mol. The third-order valence-corrected chi connectivity index (χ3v) is 5.81. The van der Waals surface area contributed by atoms with Crippen molar-refractivity contribution in [1.29, 1.82) is 0 Å². The molecular weight excluding hydrogens is 364 g/mol. The second kappa shape index (κ2) is 7.04. The highest BCUT2D eigenvalue weighted by molar-refractivity contribution is 5.98. The number of piperidine rings is 1. The van der Waals surface area contributed by atoms with Gasteiger partial charge in [0.2, 0.25) is 0 Å². The van der Waals surface area contributed by atoms with Crippen LogP contribution in [0.3, 0.4) is 0 Å². The van der Waals surface area contributed by atoms with Gasteiger partial charge in [0, 0.05) is 50.6 Å². The van der Waals surface area contributed by atoms with Gasteiger partial charge in [-0.25, -0.2) is 4.98 Å². The van der Waals surface area contributed by atoms with Crippen molar-refractivity contribution in [2.24, 2.45) is 0 Å². The highest BCUT2D eigenvalue weighted by atomic mass is 16.5. The van der Waals surface area contributed by atoms with Crippen LogP contribution in [0.5, 0.6) is 5.75 Å². The summed E-state index contributed by atoms with van der Waals surface area (Å²) < 4.78 is 8.39. The lowest BCUT2D eigenvalue weighted by Crippen LogP contribution is -2.60. The monoisotopic (exact) mass is 388 g/mol. The summed E-state index contributed by atoms with van der Waals surface area (Å²) in [6.07, 6.45) is 5.43. The molecule has 0 atom stereocenters. The van der Waals surface area contributed by atoms with Gasteiger partial charge in [0.1, 0.15) is 11.6 Å². The SMILES string of the molecule is Cc1ccnc(-n2cccc2CN2CCC3(CC2)NC(=O)c2ccccc2O3)c1. The van der Waals surface area contributed by atoms with E-state index in [4.69, 9.17) is 4.74 Å². The molecule has 5 rings (SSSR count). The van der Waals surface area contributed by atoms with Crippen LogP contribution in [0.1, 0.15) is 34.5 Å². The summed E-state index contributed by atoms with van der Waals surface area (Å²) in [5.74, 6) is 1.58. The van der Waals surface area contributed by atoms with Crippen LogP contribution in [-0.2, 0) is 6.54 Å².